The average molecular weight is 575 g/mol. The molecule has 0 saturated carbocycles. The molecular formula is C38H30N4S. The molecule has 0 N–H and O–H groups in total. The maximum absolute atomic E-state index is 9.26. The van der Waals surface area contributed by atoms with Crippen molar-refractivity contribution in [3.8, 4) is 27.6 Å². The van der Waals surface area contributed by atoms with Gasteiger partial charge in [0.2, 0.25) is 0 Å². The molecular weight excluding hydrogens is 545 g/mol. The molecule has 0 aliphatic heterocycles. The third-order valence-electron chi connectivity index (χ3n) is 9.00. The fourth-order valence-corrected chi connectivity index (χ4v) is 7.95. The van der Waals surface area contributed by atoms with Crippen LogP contribution in [0.25, 0.3) is 32.5 Å². The summed E-state index contributed by atoms with van der Waals surface area (Å²) in [6.07, 6.45) is 1.68. The Kier molecular flexibility index (Phi) is 5.96. The second-order valence-electron chi connectivity index (χ2n) is 12.4. The Bertz CT molecular complexity index is 2050. The fourth-order valence-electron chi connectivity index (χ4n) is 6.67. The van der Waals surface area contributed by atoms with E-state index in [1.807, 2.05) is 6.07 Å². The highest BCUT2D eigenvalue weighted by molar-refractivity contribution is 7.16. The molecule has 2 heterocycles. The van der Waals surface area contributed by atoms with Gasteiger partial charge in [-0.1, -0.05) is 75.7 Å². The summed E-state index contributed by atoms with van der Waals surface area (Å²) in [5.41, 5.74) is 11.7. The van der Waals surface area contributed by atoms with E-state index in [4.69, 9.17) is 11.6 Å². The van der Waals surface area contributed by atoms with Gasteiger partial charge in [0.15, 0.2) is 0 Å². The molecule has 5 heteroatoms. The third-order valence-corrected chi connectivity index (χ3v) is 10.1. The smallest absolute Gasteiger partial charge is 0.263 e. The summed E-state index contributed by atoms with van der Waals surface area (Å²) in [5, 5.41) is 9.26. The minimum Gasteiger partial charge on any atom is -0.295 e. The molecule has 0 saturated heterocycles. The van der Waals surface area contributed by atoms with Crippen molar-refractivity contribution in [2.75, 3.05) is 4.90 Å². The van der Waals surface area contributed by atoms with Gasteiger partial charge in [-0.05, 0) is 83.3 Å². The van der Waals surface area contributed by atoms with Crippen LogP contribution in [-0.2, 0) is 10.8 Å². The number of fused-ring (bicyclic) bond motifs is 6. The molecule has 0 atom stereocenters. The van der Waals surface area contributed by atoms with Gasteiger partial charge in [0.05, 0.1) is 18.3 Å². The van der Waals surface area contributed by atoms with Gasteiger partial charge in [-0.25, -0.2) is 15.1 Å². The molecule has 208 valence electrons. The van der Waals surface area contributed by atoms with E-state index < -0.39 is 0 Å². The molecule has 0 bridgehead atoms. The molecule has 0 amide bonds. The Labute approximate surface area is 257 Å². The van der Waals surface area contributed by atoms with Crippen molar-refractivity contribution in [3.05, 3.63) is 135 Å². The maximum Gasteiger partial charge on any atom is 0.263 e. The van der Waals surface area contributed by atoms with Crippen LogP contribution in [0.1, 0.15) is 60.5 Å². The molecule has 0 spiro atoms. The SMILES string of the molecule is [C-]#[N+]/C(C#N)=C\c1cc2c(s1)-c1ccc(N(c3ccc(C)cc3)c3ccc4c(c3)C(C)(C)c3ccccc3-4)nc1C2(C)C. The van der Waals surface area contributed by atoms with Gasteiger partial charge in [-0.3, -0.25) is 4.90 Å². The van der Waals surface area contributed by atoms with E-state index >= 15 is 0 Å². The number of anilines is 3. The van der Waals surface area contributed by atoms with Gasteiger partial charge in [-0.2, -0.15) is 0 Å². The molecule has 3 aromatic carbocycles. The van der Waals surface area contributed by atoms with E-state index in [1.165, 1.54) is 33.4 Å². The summed E-state index contributed by atoms with van der Waals surface area (Å²) in [6.45, 7) is 18.4. The highest BCUT2D eigenvalue weighted by Crippen LogP contribution is 2.54. The van der Waals surface area contributed by atoms with E-state index in [0.717, 1.165) is 38.2 Å². The maximum atomic E-state index is 9.26. The standard InChI is InChI=1S/C38H30N4S/c1-23-11-13-25(14-12-23)42(26-15-16-29-28-9-7-8-10-31(28)37(2,3)32(29)20-26)34-18-17-30-35-33(38(4,5)36(30)41-34)21-27(43-35)19-24(22-39)40-6/h7-21H,1-5H3/b24-19-. The number of pyridine rings is 1. The lowest BCUT2D eigenvalue weighted by atomic mass is 9.82. The molecule has 43 heavy (non-hydrogen) atoms. The summed E-state index contributed by atoms with van der Waals surface area (Å²) in [7, 11) is 0. The molecule has 2 aromatic heterocycles. The van der Waals surface area contributed by atoms with E-state index in [2.05, 4.69) is 129 Å². The van der Waals surface area contributed by atoms with E-state index in [1.54, 1.807) is 17.4 Å². The fraction of sp³-hybridized carbons (Fsp3) is 0.184. The van der Waals surface area contributed by atoms with E-state index in [0.29, 0.717) is 0 Å². The molecule has 0 unspecified atom stereocenters. The molecule has 7 rings (SSSR count). The average Bonchev–Trinajstić information content (AvgIpc) is 3.60. The first-order valence-electron chi connectivity index (χ1n) is 14.4. The second kappa shape index (κ2) is 9.53. The van der Waals surface area contributed by atoms with Gasteiger partial charge in [-0.15, -0.1) is 11.3 Å². The molecule has 0 fully saturated rings. The van der Waals surface area contributed by atoms with Crippen LogP contribution in [0.5, 0.6) is 0 Å². The monoisotopic (exact) mass is 574 g/mol. The van der Waals surface area contributed by atoms with Crippen LogP contribution in [0.2, 0.25) is 0 Å². The summed E-state index contributed by atoms with van der Waals surface area (Å²) in [4.78, 5) is 13.1. The van der Waals surface area contributed by atoms with Crippen molar-refractivity contribution in [2.24, 2.45) is 0 Å². The second-order valence-corrected chi connectivity index (χ2v) is 13.5. The van der Waals surface area contributed by atoms with Gasteiger partial charge in [0, 0.05) is 37.5 Å². The van der Waals surface area contributed by atoms with Crippen molar-refractivity contribution in [1.29, 1.82) is 5.26 Å². The summed E-state index contributed by atoms with van der Waals surface area (Å²) in [6, 6.07) is 32.6. The largest absolute Gasteiger partial charge is 0.295 e. The Hall–Kier alpha value is -4.97. The predicted molar refractivity (Wildman–Crippen MR) is 177 cm³/mol. The van der Waals surface area contributed by atoms with Crippen molar-refractivity contribution in [1.82, 2.24) is 4.98 Å². The van der Waals surface area contributed by atoms with Crippen molar-refractivity contribution in [2.45, 2.75) is 45.4 Å². The molecule has 2 aliphatic rings. The predicted octanol–water partition coefficient (Wildman–Crippen LogP) is 10.3. The number of allylic oxidation sites excluding steroid dienone is 1. The number of benzene rings is 3. The lowest BCUT2D eigenvalue weighted by Crippen LogP contribution is -2.20. The van der Waals surface area contributed by atoms with Crippen LogP contribution in [-0.4, -0.2) is 4.98 Å². The number of hydrogen-bond donors (Lipinski definition) is 0. The Balaban J connectivity index is 1.37. The minimum atomic E-state index is -0.325. The van der Waals surface area contributed by atoms with Crippen LogP contribution in [0.15, 0.2) is 90.6 Å². The zero-order valence-electron chi connectivity index (χ0n) is 24.9. The third kappa shape index (κ3) is 4.04. The highest BCUT2D eigenvalue weighted by Gasteiger charge is 2.40. The topological polar surface area (TPSA) is 44.3 Å². The van der Waals surface area contributed by atoms with Crippen molar-refractivity contribution >= 4 is 34.6 Å². The van der Waals surface area contributed by atoms with E-state index in [9.17, 15) is 5.26 Å². The van der Waals surface area contributed by atoms with Gasteiger partial charge in [0.1, 0.15) is 5.82 Å². The Morgan fingerprint density at radius 1 is 0.837 bits per heavy atom. The number of nitriles is 1. The van der Waals surface area contributed by atoms with Gasteiger partial charge >= 0.3 is 0 Å². The van der Waals surface area contributed by atoms with E-state index in [-0.39, 0.29) is 16.5 Å². The number of aryl methyl sites for hydroxylation is 1. The number of thiophene rings is 1. The number of hydrogen-bond acceptors (Lipinski definition) is 4. The number of aromatic nitrogens is 1. The van der Waals surface area contributed by atoms with Crippen LogP contribution < -0.4 is 4.90 Å². The normalized spacial score (nSPS) is 15.1. The summed E-state index contributed by atoms with van der Waals surface area (Å²) >= 11 is 1.62. The first-order valence-corrected chi connectivity index (χ1v) is 15.2. The van der Waals surface area contributed by atoms with Crippen LogP contribution in [0.4, 0.5) is 17.2 Å². The Morgan fingerprint density at radius 2 is 1.53 bits per heavy atom. The van der Waals surface area contributed by atoms with Crippen LogP contribution >= 0.6 is 11.3 Å². The molecule has 5 aromatic rings. The first-order chi connectivity index (χ1) is 20.6. The Morgan fingerprint density at radius 3 is 2.28 bits per heavy atom. The van der Waals surface area contributed by atoms with Crippen LogP contribution in [0, 0.1) is 24.8 Å². The molecule has 2 aliphatic carbocycles. The first kappa shape index (κ1) is 26.9. The lowest BCUT2D eigenvalue weighted by molar-refractivity contribution is 0.638. The highest BCUT2D eigenvalue weighted by atomic mass is 32.1. The zero-order chi connectivity index (χ0) is 30.1. The van der Waals surface area contributed by atoms with Crippen molar-refractivity contribution < 1.29 is 0 Å². The number of rotatable bonds is 4. The number of nitrogens with zero attached hydrogens (tertiary/aromatic N) is 4. The quantitative estimate of drug-likeness (QED) is 0.158. The van der Waals surface area contributed by atoms with Crippen molar-refractivity contribution in [3.63, 3.8) is 0 Å². The zero-order valence-corrected chi connectivity index (χ0v) is 25.7. The van der Waals surface area contributed by atoms with Gasteiger partial charge in [0.25, 0.3) is 5.70 Å². The summed E-state index contributed by atoms with van der Waals surface area (Å²) < 4.78 is 0. The molecule has 0 radical (unpaired) electrons. The minimum absolute atomic E-state index is 0.0979. The summed E-state index contributed by atoms with van der Waals surface area (Å²) in [5.74, 6) is 0.874. The molecule has 4 nitrogen and oxygen atoms in total. The lowest BCUT2D eigenvalue weighted by Gasteiger charge is -2.28. The van der Waals surface area contributed by atoms with Crippen LogP contribution in [0.3, 0.4) is 0 Å². The van der Waals surface area contributed by atoms with Gasteiger partial charge < -0.3 is 0 Å².